The van der Waals surface area contributed by atoms with Crippen LogP contribution >= 0.6 is 43.2 Å². The largest absolute Gasteiger partial charge is 0.359 e. The van der Waals surface area contributed by atoms with Crippen LogP contribution in [0.5, 0.6) is 0 Å². The number of nitriles is 1. The van der Waals surface area contributed by atoms with E-state index < -0.39 is 0 Å². The highest BCUT2D eigenvalue weighted by Gasteiger charge is 2.09. The maximum atomic E-state index is 9.48. The molecule has 6 heteroatoms. The number of benzene rings is 2. The van der Waals surface area contributed by atoms with Gasteiger partial charge in [0.05, 0.1) is 11.4 Å². The van der Waals surface area contributed by atoms with Crippen molar-refractivity contribution in [3.05, 3.63) is 73.6 Å². The van der Waals surface area contributed by atoms with Gasteiger partial charge in [0.2, 0.25) is 0 Å². The summed E-state index contributed by atoms with van der Waals surface area (Å²) in [6, 6.07) is 16.2. The van der Waals surface area contributed by atoms with Crippen molar-refractivity contribution in [2.75, 3.05) is 5.32 Å². The molecule has 0 atom stereocenters. The normalized spacial score (nSPS) is 11.2. The predicted molar refractivity (Wildman–Crippen MR) is 111 cm³/mol. The van der Waals surface area contributed by atoms with E-state index in [4.69, 9.17) is 0 Å². The Labute approximate surface area is 167 Å². The van der Waals surface area contributed by atoms with E-state index in [0.717, 1.165) is 25.9 Å². The van der Waals surface area contributed by atoms with Gasteiger partial charge in [-0.3, -0.25) is 0 Å². The van der Waals surface area contributed by atoms with E-state index in [2.05, 4.69) is 48.2 Å². The van der Waals surface area contributed by atoms with E-state index >= 15 is 0 Å². The number of nitrogens with one attached hydrogen (secondary N) is 1. The van der Waals surface area contributed by atoms with Crippen LogP contribution in [0, 0.1) is 18.3 Å². The number of halogens is 2. The molecule has 0 spiro atoms. The molecule has 0 radical (unpaired) electrons. The number of allylic oxidation sites excluding steroid dienone is 1. The first-order valence-corrected chi connectivity index (χ1v) is 9.88. The van der Waals surface area contributed by atoms with Gasteiger partial charge in [0.1, 0.15) is 16.6 Å². The first-order valence-electron chi connectivity index (χ1n) is 7.41. The minimum atomic E-state index is 0.499. The molecular formula is C19H13Br2N3S. The van der Waals surface area contributed by atoms with Gasteiger partial charge in [-0.1, -0.05) is 34.1 Å². The van der Waals surface area contributed by atoms with Crippen LogP contribution in [0.3, 0.4) is 0 Å². The minimum absolute atomic E-state index is 0.499. The summed E-state index contributed by atoms with van der Waals surface area (Å²) in [5, 5.41) is 15.3. The molecule has 1 N–H and O–H groups in total. The van der Waals surface area contributed by atoms with Crippen LogP contribution in [0.15, 0.2) is 63.0 Å². The Morgan fingerprint density at radius 3 is 2.80 bits per heavy atom. The Balaban J connectivity index is 1.85. The number of nitrogens with zero attached hydrogens (tertiary/aromatic N) is 2. The molecule has 0 fully saturated rings. The lowest BCUT2D eigenvalue weighted by Gasteiger charge is -2.05. The maximum absolute atomic E-state index is 9.48. The van der Waals surface area contributed by atoms with Crippen molar-refractivity contribution in [2.45, 2.75) is 6.92 Å². The second-order valence-electron chi connectivity index (χ2n) is 5.35. The fourth-order valence-corrected chi connectivity index (χ4v) is 4.01. The average molecular weight is 475 g/mol. The molecule has 0 aliphatic heterocycles. The molecule has 25 heavy (non-hydrogen) atoms. The van der Waals surface area contributed by atoms with Crippen LogP contribution < -0.4 is 5.32 Å². The van der Waals surface area contributed by atoms with Gasteiger partial charge in [0, 0.05) is 26.1 Å². The predicted octanol–water partition coefficient (Wildman–Crippen LogP) is 6.62. The molecule has 2 aromatic carbocycles. The zero-order chi connectivity index (χ0) is 17.8. The van der Waals surface area contributed by atoms with Crippen LogP contribution in [0.2, 0.25) is 0 Å². The van der Waals surface area contributed by atoms with Gasteiger partial charge in [-0.15, -0.1) is 11.3 Å². The number of aromatic nitrogens is 1. The SMILES string of the molecule is Cc1ccc(N/C=C(\C#N)c2nc(-c3cccc(Br)c3)cs2)c(Br)c1. The summed E-state index contributed by atoms with van der Waals surface area (Å²) in [6.45, 7) is 2.03. The zero-order valence-corrected chi connectivity index (χ0v) is 17.2. The fourth-order valence-electron chi connectivity index (χ4n) is 2.21. The molecular weight excluding hydrogens is 462 g/mol. The molecule has 0 bridgehead atoms. The summed E-state index contributed by atoms with van der Waals surface area (Å²) in [5.41, 5.74) is 4.45. The average Bonchev–Trinajstić information content (AvgIpc) is 3.07. The molecule has 0 amide bonds. The van der Waals surface area contributed by atoms with Gasteiger partial charge in [-0.2, -0.15) is 5.26 Å². The van der Waals surface area contributed by atoms with Crippen molar-refractivity contribution in [1.29, 1.82) is 5.26 Å². The molecule has 0 unspecified atom stereocenters. The molecule has 3 rings (SSSR count). The Bertz CT molecular complexity index is 986. The van der Waals surface area contributed by atoms with Gasteiger partial charge in [0.25, 0.3) is 0 Å². The smallest absolute Gasteiger partial charge is 0.136 e. The van der Waals surface area contributed by atoms with Crippen LogP contribution in [0.1, 0.15) is 10.6 Å². The molecule has 124 valence electrons. The van der Waals surface area contributed by atoms with Crippen molar-refractivity contribution in [3.63, 3.8) is 0 Å². The second-order valence-corrected chi connectivity index (χ2v) is 7.97. The van der Waals surface area contributed by atoms with Crippen molar-refractivity contribution < 1.29 is 0 Å². The number of thiazole rings is 1. The van der Waals surface area contributed by atoms with Crippen molar-refractivity contribution >= 4 is 54.5 Å². The molecule has 0 saturated heterocycles. The Morgan fingerprint density at radius 2 is 2.08 bits per heavy atom. The highest BCUT2D eigenvalue weighted by Crippen LogP contribution is 2.28. The molecule has 3 aromatic rings. The number of anilines is 1. The van der Waals surface area contributed by atoms with E-state index in [9.17, 15) is 5.26 Å². The van der Waals surface area contributed by atoms with Gasteiger partial charge >= 0.3 is 0 Å². The first kappa shape index (κ1) is 17.9. The third-order valence-electron chi connectivity index (χ3n) is 3.47. The summed E-state index contributed by atoms with van der Waals surface area (Å²) in [4.78, 5) is 4.60. The van der Waals surface area contributed by atoms with Gasteiger partial charge in [-0.25, -0.2) is 4.98 Å². The monoisotopic (exact) mass is 473 g/mol. The van der Waals surface area contributed by atoms with E-state index in [1.54, 1.807) is 6.20 Å². The molecule has 0 aliphatic carbocycles. The van der Waals surface area contributed by atoms with E-state index in [1.165, 1.54) is 16.9 Å². The quantitative estimate of drug-likeness (QED) is 0.432. The molecule has 3 nitrogen and oxygen atoms in total. The Kier molecular flexibility index (Phi) is 5.69. The van der Waals surface area contributed by atoms with E-state index in [-0.39, 0.29) is 0 Å². The van der Waals surface area contributed by atoms with Crippen molar-refractivity contribution in [3.8, 4) is 17.3 Å². The lowest BCUT2D eigenvalue weighted by molar-refractivity contribution is 1.36. The minimum Gasteiger partial charge on any atom is -0.359 e. The van der Waals surface area contributed by atoms with Crippen LogP contribution in [0.4, 0.5) is 5.69 Å². The standard InChI is InChI=1S/C19H13Br2N3S/c1-12-5-6-17(16(21)7-12)23-10-14(9-22)19-24-18(11-25-19)13-3-2-4-15(20)8-13/h2-8,10-11,23H,1H3/b14-10+. The number of aryl methyl sites for hydroxylation is 1. The maximum Gasteiger partial charge on any atom is 0.136 e. The van der Waals surface area contributed by atoms with E-state index in [1.807, 2.05) is 54.8 Å². The summed E-state index contributed by atoms with van der Waals surface area (Å²) in [7, 11) is 0. The summed E-state index contributed by atoms with van der Waals surface area (Å²) in [5.74, 6) is 0. The summed E-state index contributed by atoms with van der Waals surface area (Å²) >= 11 is 8.45. The Morgan fingerprint density at radius 1 is 1.24 bits per heavy atom. The number of rotatable bonds is 4. The van der Waals surface area contributed by atoms with Gasteiger partial charge in [-0.05, 0) is 52.7 Å². The highest BCUT2D eigenvalue weighted by atomic mass is 79.9. The summed E-state index contributed by atoms with van der Waals surface area (Å²) in [6.07, 6.45) is 1.69. The lowest BCUT2D eigenvalue weighted by Crippen LogP contribution is -1.92. The van der Waals surface area contributed by atoms with Crippen LogP contribution in [0.25, 0.3) is 16.8 Å². The van der Waals surface area contributed by atoms with Crippen molar-refractivity contribution in [2.24, 2.45) is 0 Å². The second kappa shape index (κ2) is 7.96. The lowest BCUT2D eigenvalue weighted by atomic mass is 10.2. The van der Waals surface area contributed by atoms with Crippen molar-refractivity contribution in [1.82, 2.24) is 4.98 Å². The van der Waals surface area contributed by atoms with Crippen LogP contribution in [-0.4, -0.2) is 4.98 Å². The first-order chi connectivity index (χ1) is 12.1. The number of hydrogen-bond acceptors (Lipinski definition) is 4. The third kappa shape index (κ3) is 4.37. The molecule has 1 heterocycles. The Hall–Kier alpha value is -1.94. The number of hydrogen-bond donors (Lipinski definition) is 1. The molecule has 0 aliphatic rings. The topological polar surface area (TPSA) is 48.7 Å². The molecule has 0 saturated carbocycles. The fraction of sp³-hybridized carbons (Fsp3) is 0.0526. The highest BCUT2D eigenvalue weighted by molar-refractivity contribution is 9.10. The van der Waals surface area contributed by atoms with Gasteiger partial charge < -0.3 is 5.32 Å². The third-order valence-corrected chi connectivity index (χ3v) is 5.50. The molecule has 1 aromatic heterocycles. The van der Waals surface area contributed by atoms with E-state index in [0.29, 0.717) is 10.6 Å². The summed E-state index contributed by atoms with van der Waals surface area (Å²) < 4.78 is 1.96. The van der Waals surface area contributed by atoms with Gasteiger partial charge in [0.15, 0.2) is 0 Å². The zero-order valence-electron chi connectivity index (χ0n) is 13.3. The van der Waals surface area contributed by atoms with Crippen LogP contribution in [-0.2, 0) is 0 Å².